The van der Waals surface area contributed by atoms with E-state index in [9.17, 15) is 13.6 Å². The van der Waals surface area contributed by atoms with Gasteiger partial charge in [-0.25, -0.2) is 0 Å². The molecule has 1 atom stereocenters. The first-order valence-electron chi connectivity index (χ1n) is 6.98. The van der Waals surface area contributed by atoms with Crippen molar-refractivity contribution in [3.05, 3.63) is 28.8 Å². The summed E-state index contributed by atoms with van der Waals surface area (Å²) < 4.78 is 29.3. The zero-order valence-corrected chi connectivity index (χ0v) is 12.5. The van der Waals surface area contributed by atoms with Crippen LogP contribution in [0, 0.1) is 13.8 Å². The lowest BCUT2D eigenvalue weighted by atomic mass is 10.0. The van der Waals surface area contributed by atoms with Crippen LogP contribution in [0.4, 0.5) is 8.78 Å². The summed E-state index contributed by atoms with van der Waals surface area (Å²) in [5.41, 5.74) is 1.60. The number of benzene rings is 1. The monoisotopic (exact) mass is 298 g/mol. The van der Waals surface area contributed by atoms with E-state index >= 15 is 0 Å². The Bertz CT molecular complexity index is 511. The minimum atomic E-state index is -2.86. The second kappa shape index (κ2) is 6.39. The average Bonchev–Trinajstić information content (AvgIpc) is 2.42. The van der Waals surface area contributed by atoms with Crippen LogP contribution >= 0.6 is 0 Å². The number of nitrogens with zero attached hydrogens (tertiary/aromatic N) is 1. The van der Waals surface area contributed by atoms with Crippen LogP contribution in [0.3, 0.4) is 0 Å². The molecule has 0 saturated carbocycles. The highest BCUT2D eigenvalue weighted by Crippen LogP contribution is 2.27. The Labute approximate surface area is 123 Å². The molecular formula is C15H20F2N2O2. The summed E-state index contributed by atoms with van der Waals surface area (Å²) in [6, 6.07) is 3.34. The zero-order valence-electron chi connectivity index (χ0n) is 12.5. The highest BCUT2D eigenvalue weighted by atomic mass is 19.3. The van der Waals surface area contributed by atoms with Crippen molar-refractivity contribution < 1.29 is 18.3 Å². The molecule has 0 bridgehead atoms. The smallest absolute Gasteiger partial charge is 0.387 e. The fourth-order valence-corrected chi connectivity index (χ4v) is 2.66. The van der Waals surface area contributed by atoms with Crippen LogP contribution in [-0.4, -0.2) is 43.1 Å². The van der Waals surface area contributed by atoms with Crippen LogP contribution < -0.4 is 10.1 Å². The highest BCUT2D eigenvalue weighted by Gasteiger charge is 2.25. The second-order valence-corrected chi connectivity index (χ2v) is 5.37. The molecule has 1 aromatic rings. The maximum atomic E-state index is 12.6. The average molecular weight is 298 g/mol. The molecule has 1 N–H and O–H groups in total. The molecule has 1 aromatic carbocycles. The number of alkyl halides is 2. The van der Waals surface area contributed by atoms with Crippen molar-refractivity contribution in [1.29, 1.82) is 0 Å². The molecule has 1 aliphatic rings. The number of rotatable bonds is 3. The molecule has 0 aliphatic carbocycles. The fourth-order valence-electron chi connectivity index (χ4n) is 2.66. The van der Waals surface area contributed by atoms with Crippen LogP contribution in [0.15, 0.2) is 12.1 Å². The number of piperazine rings is 1. The SMILES string of the molecule is Cc1cc(C(=O)N2CCNC[C@H]2C)cc(C)c1OC(F)F. The molecule has 0 aromatic heterocycles. The lowest BCUT2D eigenvalue weighted by Gasteiger charge is -2.34. The van der Waals surface area contributed by atoms with Gasteiger partial charge in [0.25, 0.3) is 5.91 Å². The van der Waals surface area contributed by atoms with Gasteiger partial charge in [0.2, 0.25) is 0 Å². The molecule has 21 heavy (non-hydrogen) atoms. The maximum Gasteiger partial charge on any atom is 0.387 e. The Balaban J connectivity index is 2.26. The summed E-state index contributed by atoms with van der Waals surface area (Å²) in [6.45, 7) is 4.63. The standard InChI is InChI=1S/C15H20F2N2O2/c1-9-6-12(7-10(2)13(9)21-15(16)17)14(20)19-5-4-18-8-11(19)3/h6-7,11,15,18H,4-5,8H2,1-3H3/t11-/m1/s1. The van der Waals surface area contributed by atoms with Gasteiger partial charge in [-0.2, -0.15) is 8.78 Å². The van der Waals surface area contributed by atoms with E-state index in [0.29, 0.717) is 23.2 Å². The minimum absolute atomic E-state index is 0.0706. The Morgan fingerprint density at radius 1 is 1.38 bits per heavy atom. The molecule has 6 heteroatoms. The lowest BCUT2D eigenvalue weighted by molar-refractivity contribution is -0.0507. The quantitative estimate of drug-likeness (QED) is 0.931. The third kappa shape index (κ3) is 3.50. The third-order valence-electron chi connectivity index (χ3n) is 3.68. The number of amides is 1. The molecule has 1 amide bonds. The number of hydrogen-bond donors (Lipinski definition) is 1. The van der Waals surface area contributed by atoms with Crippen molar-refractivity contribution in [3.8, 4) is 5.75 Å². The summed E-state index contributed by atoms with van der Waals surface area (Å²) >= 11 is 0. The van der Waals surface area contributed by atoms with Crippen LogP contribution in [0.25, 0.3) is 0 Å². The summed E-state index contributed by atoms with van der Waals surface area (Å²) in [5.74, 6) is 0.0775. The molecule has 0 spiro atoms. The van der Waals surface area contributed by atoms with Gasteiger partial charge in [0, 0.05) is 31.2 Å². The molecular weight excluding hydrogens is 278 g/mol. The van der Waals surface area contributed by atoms with Crippen molar-refractivity contribution in [2.75, 3.05) is 19.6 Å². The van der Waals surface area contributed by atoms with Crippen molar-refractivity contribution in [2.45, 2.75) is 33.4 Å². The van der Waals surface area contributed by atoms with Gasteiger partial charge in [-0.3, -0.25) is 4.79 Å². The van der Waals surface area contributed by atoms with E-state index in [4.69, 9.17) is 0 Å². The van der Waals surface area contributed by atoms with Crippen molar-refractivity contribution in [1.82, 2.24) is 10.2 Å². The Morgan fingerprint density at radius 3 is 2.52 bits per heavy atom. The Kier molecular flexibility index (Phi) is 4.77. The van der Waals surface area contributed by atoms with E-state index in [1.807, 2.05) is 6.92 Å². The first kappa shape index (κ1) is 15.7. The predicted octanol–water partition coefficient (Wildman–Crippen LogP) is 2.34. The van der Waals surface area contributed by atoms with E-state index < -0.39 is 6.61 Å². The van der Waals surface area contributed by atoms with Crippen LogP contribution in [0.1, 0.15) is 28.4 Å². The normalized spacial score (nSPS) is 19.0. The first-order chi connectivity index (χ1) is 9.90. The minimum Gasteiger partial charge on any atom is -0.434 e. The van der Waals surface area contributed by atoms with Crippen molar-refractivity contribution in [2.24, 2.45) is 0 Å². The number of halogens is 2. The number of carbonyl (C=O) groups is 1. The topological polar surface area (TPSA) is 41.6 Å². The van der Waals surface area contributed by atoms with Gasteiger partial charge in [-0.15, -0.1) is 0 Å². The summed E-state index contributed by atoms with van der Waals surface area (Å²) in [5, 5.41) is 3.23. The van der Waals surface area contributed by atoms with E-state index in [0.717, 1.165) is 13.1 Å². The number of nitrogens with one attached hydrogen (secondary N) is 1. The number of carbonyl (C=O) groups excluding carboxylic acids is 1. The number of hydrogen-bond acceptors (Lipinski definition) is 3. The molecule has 2 rings (SSSR count). The van der Waals surface area contributed by atoms with Gasteiger partial charge in [-0.1, -0.05) is 0 Å². The molecule has 4 nitrogen and oxygen atoms in total. The van der Waals surface area contributed by atoms with Gasteiger partial charge >= 0.3 is 6.61 Å². The van der Waals surface area contributed by atoms with E-state index in [-0.39, 0.29) is 17.7 Å². The number of ether oxygens (including phenoxy) is 1. The zero-order chi connectivity index (χ0) is 15.6. The maximum absolute atomic E-state index is 12.6. The second-order valence-electron chi connectivity index (χ2n) is 5.37. The first-order valence-corrected chi connectivity index (χ1v) is 6.98. The molecule has 1 fully saturated rings. The summed E-state index contributed by atoms with van der Waals surface area (Å²) in [6.07, 6.45) is 0. The largest absolute Gasteiger partial charge is 0.434 e. The molecule has 1 heterocycles. The van der Waals surface area contributed by atoms with E-state index in [2.05, 4.69) is 10.1 Å². The van der Waals surface area contributed by atoms with Gasteiger partial charge in [0.15, 0.2) is 0 Å². The van der Waals surface area contributed by atoms with Crippen LogP contribution in [0.5, 0.6) is 5.75 Å². The van der Waals surface area contributed by atoms with E-state index in [1.165, 1.54) is 0 Å². The third-order valence-corrected chi connectivity index (χ3v) is 3.68. The van der Waals surface area contributed by atoms with Gasteiger partial charge < -0.3 is 15.0 Å². The van der Waals surface area contributed by atoms with Crippen LogP contribution in [-0.2, 0) is 0 Å². The van der Waals surface area contributed by atoms with Crippen molar-refractivity contribution in [3.63, 3.8) is 0 Å². The molecule has 0 radical (unpaired) electrons. The Hall–Kier alpha value is -1.69. The van der Waals surface area contributed by atoms with Gasteiger partial charge in [-0.05, 0) is 44.0 Å². The van der Waals surface area contributed by atoms with Gasteiger partial charge in [0.1, 0.15) is 5.75 Å². The predicted molar refractivity (Wildman–Crippen MR) is 75.9 cm³/mol. The van der Waals surface area contributed by atoms with Crippen molar-refractivity contribution >= 4 is 5.91 Å². The lowest BCUT2D eigenvalue weighted by Crippen LogP contribution is -2.52. The van der Waals surface area contributed by atoms with E-state index in [1.54, 1.807) is 30.9 Å². The van der Waals surface area contributed by atoms with Gasteiger partial charge in [0.05, 0.1) is 0 Å². The molecule has 116 valence electrons. The number of aryl methyl sites for hydroxylation is 2. The van der Waals surface area contributed by atoms with Crippen LogP contribution in [0.2, 0.25) is 0 Å². The summed E-state index contributed by atoms with van der Waals surface area (Å²) in [4.78, 5) is 14.4. The molecule has 0 unspecified atom stereocenters. The fraction of sp³-hybridized carbons (Fsp3) is 0.533. The molecule has 1 saturated heterocycles. The summed E-state index contributed by atoms with van der Waals surface area (Å²) in [7, 11) is 0. The Morgan fingerprint density at radius 2 is 2.00 bits per heavy atom. The molecule has 1 aliphatic heterocycles. The highest BCUT2D eigenvalue weighted by molar-refractivity contribution is 5.95.